The lowest BCUT2D eigenvalue weighted by molar-refractivity contribution is 0.0693. The zero-order valence-corrected chi connectivity index (χ0v) is 9.21. The van der Waals surface area contributed by atoms with Gasteiger partial charge in [0.2, 0.25) is 0 Å². The van der Waals surface area contributed by atoms with Gasteiger partial charge in [-0.3, -0.25) is 0 Å². The van der Waals surface area contributed by atoms with E-state index in [2.05, 4.69) is 0 Å². The highest BCUT2D eigenvalue weighted by atomic mass is 35.5. The first-order valence-corrected chi connectivity index (χ1v) is 4.29. The largest absolute Gasteiger partial charge is 0.496 e. The van der Waals surface area contributed by atoms with E-state index in [9.17, 15) is 4.79 Å². The molecular weight excluding hydrogens is 218 g/mol. The number of benzene rings is 1. The van der Waals surface area contributed by atoms with Crippen molar-refractivity contribution in [3.05, 3.63) is 29.3 Å². The van der Waals surface area contributed by atoms with Gasteiger partial charge in [0.05, 0.1) is 7.11 Å². The molecule has 0 heterocycles. The molecule has 0 aromatic heterocycles. The van der Waals surface area contributed by atoms with Gasteiger partial charge in [-0.25, -0.2) is 4.79 Å². The average molecular weight is 232 g/mol. The Bertz CT molecular complexity index is 341. The molecule has 1 aromatic rings. The van der Waals surface area contributed by atoms with Crippen LogP contribution in [0.5, 0.6) is 5.75 Å². The van der Waals surface area contributed by atoms with E-state index in [1.165, 1.54) is 13.2 Å². The van der Waals surface area contributed by atoms with Gasteiger partial charge in [-0.05, 0) is 30.7 Å². The summed E-state index contributed by atoms with van der Waals surface area (Å²) in [4.78, 5) is 10.7. The molecule has 0 spiro atoms. The zero-order valence-electron chi connectivity index (χ0n) is 8.40. The maximum atomic E-state index is 10.7. The number of nitrogens with two attached hydrogens (primary N) is 1. The van der Waals surface area contributed by atoms with Crippen molar-refractivity contribution in [3.8, 4) is 5.75 Å². The summed E-state index contributed by atoms with van der Waals surface area (Å²) < 4.78 is 4.97. The second-order valence-corrected chi connectivity index (χ2v) is 2.88. The summed E-state index contributed by atoms with van der Waals surface area (Å²) >= 11 is 0. The number of hydrogen-bond acceptors (Lipinski definition) is 3. The number of halogens is 1. The Balaban J connectivity index is 0.00000196. The van der Waals surface area contributed by atoms with Crippen molar-refractivity contribution in [2.45, 2.75) is 6.42 Å². The van der Waals surface area contributed by atoms with Crippen molar-refractivity contribution in [3.63, 3.8) is 0 Å². The molecule has 0 fully saturated rings. The summed E-state index contributed by atoms with van der Waals surface area (Å²) in [5, 5.41) is 8.81. The van der Waals surface area contributed by atoms with Gasteiger partial charge in [0.25, 0.3) is 0 Å². The minimum atomic E-state index is -0.985. The molecular formula is C10H14ClNO3. The van der Waals surface area contributed by atoms with E-state index in [0.717, 1.165) is 12.0 Å². The van der Waals surface area contributed by atoms with Gasteiger partial charge in [0.15, 0.2) is 0 Å². The van der Waals surface area contributed by atoms with Crippen molar-refractivity contribution >= 4 is 18.4 Å². The molecule has 1 aromatic carbocycles. The van der Waals surface area contributed by atoms with Crippen molar-refractivity contribution in [2.75, 3.05) is 13.7 Å². The number of hydrogen-bond donors (Lipinski definition) is 2. The van der Waals surface area contributed by atoms with Crippen LogP contribution >= 0.6 is 12.4 Å². The summed E-state index contributed by atoms with van der Waals surface area (Å²) in [6, 6.07) is 4.99. The zero-order chi connectivity index (χ0) is 10.6. The number of carbonyl (C=O) groups is 1. The van der Waals surface area contributed by atoms with Crippen molar-refractivity contribution < 1.29 is 14.6 Å². The number of aromatic carboxylic acids is 1. The SMILES string of the molecule is COc1cc(CCN)ccc1C(=O)O.Cl. The van der Waals surface area contributed by atoms with E-state index in [0.29, 0.717) is 12.3 Å². The van der Waals surface area contributed by atoms with E-state index in [1.54, 1.807) is 12.1 Å². The van der Waals surface area contributed by atoms with Crippen LogP contribution in [0.2, 0.25) is 0 Å². The highest BCUT2D eigenvalue weighted by molar-refractivity contribution is 5.90. The van der Waals surface area contributed by atoms with Crippen molar-refractivity contribution in [1.82, 2.24) is 0 Å². The summed E-state index contributed by atoms with van der Waals surface area (Å²) in [5.41, 5.74) is 6.55. The number of ether oxygens (including phenoxy) is 1. The average Bonchev–Trinajstić information content (AvgIpc) is 2.17. The lowest BCUT2D eigenvalue weighted by Crippen LogP contribution is -2.05. The van der Waals surface area contributed by atoms with Gasteiger partial charge in [-0.2, -0.15) is 0 Å². The molecule has 0 radical (unpaired) electrons. The normalized spacial score (nSPS) is 9.20. The van der Waals surface area contributed by atoms with E-state index >= 15 is 0 Å². The smallest absolute Gasteiger partial charge is 0.339 e. The molecule has 0 saturated heterocycles. The Labute approximate surface area is 94.5 Å². The Hall–Kier alpha value is -1.26. The molecule has 0 aliphatic rings. The molecule has 84 valence electrons. The third kappa shape index (κ3) is 3.42. The fourth-order valence-corrected chi connectivity index (χ4v) is 1.23. The lowest BCUT2D eigenvalue weighted by atomic mass is 10.1. The van der Waals surface area contributed by atoms with Crippen LogP contribution in [0.4, 0.5) is 0 Å². The van der Waals surface area contributed by atoms with Gasteiger partial charge in [0.1, 0.15) is 11.3 Å². The summed E-state index contributed by atoms with van der Waals surface area (Å²) in [5.74, 6) is -0.607. The van der Waals surface area contributed by atoms with Crippen molar-refractivity contribution in [2.24, 2.45) is 5.73 Å². The van der Waals surface area contributed by atoms with Crippen LogP contribution in [-0.2, 0) is 6.42 Å². The minimum Gasteiger partial charge on any atom is -0.496 e. The van der Waals surface area contributed by atoms with Gasteiger partial charge in [-0.1, -0.05) is 6.07 Å². The van der Waals surface area contributed by atoms with Gasteiger partial charge in [-0.15, -0.1) is 12.4 Å². The first-order chi connectivity index (χ1) is 6.69. The van der Waals surface area contributed by atoms with E-state index in [4.69, 9.17) is 15.6 Å². The third-order valence-electron chi connectivity index (χ3n) is 1.93. The quantitative estimate of drug-likeness (QED) is 0.820. The summed E-state index contributed by atoms with van der Waals surface area (Å²) in [6.07, 6.45) is 0.719. The van der Waals surface area contributed by atoms with E-state index in [-0.39, 0.29) is 18.0 Å². The number of methoxy groups -OCH3 is 1. The maximum Gasteiger partial charge on any atom is 0.339 e. The molecule has 0 bridgehead atoms. The second-order valence-electron chi connectivity index (χ2n) is 2.88. The Morgan fingerprint density at radius 3 is 2.67 bits per heavy atom. The molecule has 0 atom stereocenters. The molecule has 4 nitrogen and oxygen atoms in total. The Morgan fingerprint density at radius 2 is 2.20 bits per heavy atom. The standard InChI is InChI=1S/C10H13NO3.ClH/c1-14-9-6-7(4-5-11)2-3-8(9)10(12)13;/h2-3,6H,4-5,11H2,1H3,(H,12,13);1H. The Morgan fingerprint density at radius 1 is 1.53 bits per heavy atom. The molecule has 0 amide bonds. The van der Waals surface area contributed by atoms with Crippen LogP contribution in [0, 0.1) is 0 Å². The topological polar surface area (TPSA) is 72.5 Å². The summed E-state index contributed by atoms with van der Waals surface area (Å²) in [6.45, 7) is 0.537. The van der Waals surface area contributed by atoms with Crippen LogP contribution in [0.25, 0.3) is 0 Å². The molecule has 5 heteroatoms. The number of carboxylic acids is 1. The highest BCUT2D eigenvalue weighted by Gasteiger charge is 2.10. The second kappa shape index (κ2) is 6.27. The predicted octanol–water partition coefficient (Wildman–Crippen LogP) is 1.32. The molecule has 15 heavy (non-hydrogen) atoms. The van der Waals surface area contributed by atoms with E-state index < -0.39 is 5.97 Å². The number of carboxylic acid groups (broad SMARTS) is 1. The first kappa shape index (κ1) is 13.7. The lowest BCUT2D eigenvalue weighted by Gasteiger charge is -2.06. The predicted molar refractivity (Wildman–Crippen MR) is 60.0 cm³/mol. The fourth-order valence-electron chi connectivity index (χ4n) is 1.23. The van der Waals surface area contributed by atoms with E-state index in [1.807, 2.05) is 0 Å². The number of rotatable bonds is 4. The monoisotopic (exact) mass is 231 g/mol. The first-order valence-electron chi connectivity index (χ1n) is 4.29. The molecule has 1 rings (SSSR count). The molecule has 0 saturated carbocycles. The van der Waals surface area contributed by atoms with Gasteiger partial charge < -0.3 is 15.6 Å². The third-order valence-corrected chi connectivity index (χ3v) is 1.93. The van der Waals surface area contributed by atoms with Crippen LogP contribution in [0.1, 0.15) is 15.9 Å². The van der Waals surface area contributed by atoms with Crippen LogP contribution in [-0.4, -0.2) is 24.7 Å². The van der Waals surface area contributed by atoms with Gasteiger partial charge >= 0.3 is 5.97 Å². The Kier molecular flexibility index (Phi) is 5.74. The molecule has 3 N–H and O–H groups in total. The molecule has 0 aliphatic heterocycles. The highest BCUT2D eigenvalue weighted by Crippen LogP contribution is 2.20. The van der Waals surface area contributed by atoms with Crippen molar-refractivity contribution in [1.29, 1.82) is 0 Å². The van der Waals surface area contributed by atoms with Crippen LogP contribution in [0.15, 0.2) is 18.2 Å². The minimum absolute atomic E-state index is 0. The maximum absolute atomic E-state index is 10.7. The van der Waals surface area contributed by atoms with Gasteiger partial charge in [0, 0.05) is 0 Å². The molecule has 0 unspecified atom stereocenters. The summed E-state index contributed by atoms with van der Waals surface area (Å²) in [7, 11) is 1.45. The van der Waals surface area contributed by atoms with Crippen LogP contribution in [0.3, 0.4) is 0 Å². The fraction of sp³-hybridized carbons (Fsp3) is 0.300. The molecule has 0 aliphatic carbocycles. The van der Waals surface area contributed by atoms with Crippen LogP contribution < -0.4 is 10.5 Å².